The molecule has 0 heterocycles. The number of hydrogen-bond acceptors (Lipinski definition) is 2. The number of nitrogens with zero attached hydrogens (tertiary/aromatic N) is 1. The molecule has 0 radical (unpaired) electrons. The molecule has 104 valence electrons. The maximum atomic E-state index is 12.2. The molecule has 2 rings (SSSR count). The van der Waals surface area contributed by atoms with Crippen LogP contribution in [0.1, 0.15) is 29.5 Å². The van der Waals surface area contributed by atoms with E-state index in [0.29, 0.717) is 6.54 Å². The second-order valence-electron chi connectivity index (χ2n) is 5.88. The zero-order valence-corrected chi connectivity index (χ0v) is 12.2. The number of carbonyl (C=O) groups excluding carboxylic acids is 1. The minimum atomic E-state index is -0.224. The van der Waals surface area contributed by atoms with Gasteiger partial charge in [0.1, 0.15) is 0 Å². The van der Waals surface area contributed by atoms with Crippen molar-refractivity contribution in [3.63, 3.8) is 0 Å². The van der Waals surface area contributed by atoms with Gasteiger partial charge in [0.25, 0.3) is 0 Å². The number of rotatable bonds is 5. The number of carbonyl (C=O) groups is 1. The Kier molecular flexibility index (Phi) is 3.95. The van der Waals surface area contributed by atoms with Gasteiger partial charge < -0.3 is 10.6 Å². The van der Waals surface area contributed by atoms with Crippen molar-refractivity contribution in [2.75, 3.05) is 20.1 Å². The van der Waals surface area contributed by atoms with E-state index in [1.807, 2.05) is 11.9 Å². The maximum Gasteiger partial charge on any atom is 0.229 e. The van der Waals surface area contributed by atoms with Gasteiger partial charge in [-0.15, -0.1) is 0 Å². The Bertz CT molecular complexity index is 478. The molecule has 3 nitrogen and oxygen atoms in total. The molecule has 0 bridgehead atoms. The summed E-state index contributed by atoms with van der Waals surface area (Å²) in [5, 5.41) is 0. The lowest BCUT2D eigenvalue weighted by molar-refractivity contribution is -0.135. The SMILES string of the molecule is Cc1ccc(CCN(C)C(=O)C2(CN)CC2)cc1C. The molecule has 0 unspecified atom stereocenters. The smallest absolute Gasteiger partial charge is 0.229 e. The summed E-state index contributed by atoms with van der Waals surface area (Å²) in [6.07, 6.45) is 2.82. The van der Waals surface area contributed by atoms with Crippen LogP contribution in [0.5, 0.6) is 0 Å². The van der Waals surface area contributed by atoms with Gasteiger partial charge in [0, 0.05) is 20.1 Å². The van der Waals surface area contributed by atoms with Crippen LogP contribution in [0.2, 0.25) is 0 Å². The normalized spacial score (nSPS) is 16.2. The van der Waals surface area contributed by atoms with Crippen molar-refractivity contribution in [3.8, 4) is 0 Å². The first-order valence-corrected chi connectivity index (χ1v) is 7.00. The first-order valence-electron chi connectivity index (χ1n) is 7.00. The van der Waals surface area contributed by atoms with Gasteiger partial charge in [0.15, 0.2) is 0 Å². The third-order valence-electron chi connectivity index (χ3n) is 4.35. The number of nitrogens with two attached hydrogens (primary N) is 1. The van der Waals surface area contributed by atoms with Crippen molar-refractivity contribution < 1.29 is 4.79 Å². The van der Waals surface area contributed by atoms with E-state index in [1.54, 1.807) is 0 Å². The summed E-state index contributed by atoms with van der Waals surface area (Å²) in [7, 11) is 1.89. The average molecular weight is 260 g/mol. The van der Waals surface area contributed by atoms with Crippen LogP contribution in [0.25, 0.3) is 0 Å². The van der Waals surface area contributed by atoms with Gasteiger partial charge >= 0.3 is 0 Å². The second kappa shape index (κ2) is 5.33. The summed E-state index contributed by atoms with van der Waals surface area (Å²) < 4.78 is 0. The molecule has 1 aromatic rings. The highest BCUT2D eigenvalue weighted by Crippen LogP contribution is 2.45. The molecule has 1 fully saturated rings. The third kappa shape index (κ3) is 2.98. The first-order chi connectivity index (χ1) is 8.98. The Morgan fingerprint density at radius 1 is 1.32 bits per heavy atom. The molecule has 1 saturated carbocycles. The van der Waals surface area contributed by atoms with Crippen molar-refractivity contribution in [2.24, 2.45) is 11.1 Å². The van der Waals surface area contributed by atoms with E-state index in [1.165, 1.54) is 16.7 Å². The lowest BCUT2D eigenvalue weighted by Crippen LogP contribution is -2.39. The van der Waals surface area contributed by atoms with Crippen molar-refractivity contribution in [3.05, 3.63) is 34.9 Å². The Hall–Kier alpha value is -1.35. The van der Waals surface area contributed by atoms with E-state index >= 15 is 0 Å². The molecule has 3 heteroatoms. The molecule has 0 aromatic heterocycles. The summed E-state index contributed by atoms with van der Waals surface area (Å²) in [4.78, 5) is 14.1. The molecule has 1 aliphatic carbocycles. The Morgan fingerprint density at radius 2 is 2.00 bits per heavy atom. The van der Waals surface area contributed by atoms with Crippen molar-refractivity contribution in [1.82, 2.24) is 4.90 Å². The molecule has 19 heavy (non-hydrogen) atoms. The number of amides is 1. The highest BCUT2D eigenvalue weighted by Gasteiger charge is 2.49. The highest BCUT2D eigenvalue weighted by molar-refractivity contribution is 5.85. The quantitative estimate of drug-likeness (QED) is 0.880. The molecule has 0 atom stereocenters. The van der Waals surface area contributed by atoms with Gasteiger partial charge in [-0.2, -0.15) is 0 Å². The summed E-state index contributed by atoms with van der Waals surface area (Å²) in [5.74, 6) is 0.221. The minimum absolute atomic E-state index is 0.221. The van der Waals surface area contributed by atoms with Crippen molar-refractivity contribution >= 4 is 5.91 Å². The Labute approximate surface area is 115 Å². The summed E-state index contributed by atoms with van der Waals surface area (Å²) in [6.45, 7) is 5.50. The molecule has 0 saturated heterocycles. The Balaban J connectivity index is 1.91. The van der Waals surface area contributed by atoms with Crippen LogP contribution in [0.3, 0.4) is 0 Å². The van der Waals surface area contributed by atoms with Crippen LogP contribution in [0.15, 0.2) is 18.2 Å². The molecular formula is C16H24N2O. The van der Waals surface area contributed by atoms with E-state index < -0.39 is 0 Å². The summed E-state index contributed by atoms with van der Waals surface area (Å²) in [6, 6.07) is 6.51. The summed E-state index contributed by atoms with van der Waals surface area (Å²) >= 11 is 0. The van der Waals surface area contributed by atoms with Gasteiger partial charge in [-0.3, -0.25) is 4.79 Å². The minimum Gasteiger partial charge on any atom is -0.345 e. The first kappa shape index (κ1) is 14.1. The van der Waals surface area contributed by atoms with Gasteiger partial charge in [0.05, 0.1) is 5.41 Å². The maximum absolute atomic E-state index is 12.2. The van der Waals surface area contributed by atoms with Gasteiger partial charge in [0.2, 0.25) is 5.91 Å². The van der Waals surface area contributed by atoms with E-state index in [9.17, 15) is 4.79 Å². The summed E-state index contributed by atoms with van der Waals surface area (Å²) in [5.41, 5.74) is 9.40. The van der Waals surface area contributed by atoms with E-state index in [0.717, 1.165) is 25.8 Å². The van der Waals surface area contributed by atoms with Crippen LogP contribution in [-0.2, 0) is 11.2 Å². The largest absolute Gasteiger partial charge is 0.345 e. The lowest BCUT2D eigenvalue weighted by Gasteiger charge is -2.22. The van der Waals surface area contributed by atoms with Crippen molar-refractivity contribution in [2.45, 2.75) is 33.1 Å². The molecule has 2 N–H and O–H groups in total. The number of hydrogen-bond donors (Lipinski definition) is 1. The van der Waals surface area contributed by atoms with E-state index in [2.05, 4.69) is 32.0 Å². The molecule has 1 aromatic carbocycles. The second-order valence-corrected chi connectivity index (χ2v) is 5.88. The predicted molar refractivity (Wildman–Crippen MR) is 78.0 cm³/mol. The molecular weight excluding hydrogens is 236 g/mol. The fraction of sp³-hybridized carbons (Fsp3) is 0.562. The van der Waals surface area contributed by atoms with Gasteiger partial charge in [-0.1, -0.05) is 18.2 Å². The van der Waals surface area contributed by atoms with Gasteiger partial charge in [-0.25, -0.2) is 0 Å². The fourth-order valence-corrected chi connectivity index (χ4v) is 2.42. The highest BCUT2D eigenvalue weighted by atomic mass is 16.2. The molecule has 1 amide bonds. The fourth-order valence-electron chi connectivity index (χ4n) is 2.42. The average Bonchev–Trinajstić information content (AvgIpc) is 3.20. The topological polar surface area (TPSA) is 46.3 Å². The monoisotopic (exact) mass is 260 g/mol. The lowest BCUT2D eigenvalue weighted by atomic mass is 10.0. The zero-order chi connectivity index (χ0) is 14.0. The van der Waals surface area contributed by atoms with Crippen LogP contribution in [0.4, 0.5) is 0 Å². The molecule has 0 spiro atoms. The Morgan fingerprint density at radius 3 is 2.53 bits per heavy atom. The predicted octanol–water partition coefficient (Wildman–Crippen LogP) is 2.04. The number of benzene rings is 1. The van der Waals surface area contributed by atoms with Crippen LogP contribution < -0.4 is 5.73 Å². The van der Waals surface area contributed by atoms with E-state index in [4.69, 9.17) is 5.73 Å². The van der Waals surface area contributed by atoms with Crippen LogP contribution in [0, 0.1) is 19.3 Å². The van der Waals surface area contributed by atoms with Gasteiger partial charge in [-0.05, 0) is 49.8 Å². The zero-order valence-electron chi connectivity index (χ0n) is 12.2. The number of aryl methyl sites for hydroxylation is 2. The standard InChI is InChI=1S/C16H24N2O/c1-12-4-5-14(10-13(12)2)6-9-18(3)15(19)16(11-17)7-8-16/h4-5,10H,6-9,11,17H2,1-3H3. The van der Waals surface area contributed by atoms with Crippen LogP contribution in [-0.4, -0.2) is 30.9 Å². The number of likely N-dealkylation sites (N-methyl/N-ethyl adjacent to an activating group) is 1. The van der Waals surface area contributed by atoms with Crippen LogP contribution >= 0.6 is 0 Å². The van der Waals surface area contributed by atoms with E-state index in [-0.39, 0.29) is 11.3 Å². The third-order valence-corrected chi connectivity index (χ3v) is 4.35. The molecule has 0 aliphatic heterocycles. The molecule has 1 aliphatic rings. The van der Waals surface area contributed by atoms with Crippen molar-refractivity contribution in [1.29, 1.82) is 0 Å².